The molecule has 6 aromatic carbocycles. The largest absolute Gasteiger partial charge is 0.454 e. The molecule has 232 valence electrons. The molecular formula is C44H25N5O. The highest BCUT2D eigenvalue weighted by Gasteiger charge is 2.25. The van der Waals surface area contributed by atoms with Crippen molar-refractivity contribution in [1.29, 1.82) is 0 Å². The van der Waals surface area contributed by atoms with E-state index in [0.717, 1.165) is 98.8 Å². The average molecular weight is 640 g/mol. The maximum Gasteiger partial charge on any atom is 0.236 e. The predicted molar refractivity (Wildman–Crippen MR) is 203 cm³/mol. The highest BCUT2D eigenvalue weighted by atomic mass is 16.3. The van der Waals surface area contributed by atoms with Crippen LogP contribution >= 0.6 is 0 Å². The van der Waals surface area contributed by atoms with Gasteiger partial charge >= 0.3 is 0 Å². The number of fused-ring (bicyclic) bond motifs is 13. The number of hydrogen-bond donors (Lipinski definition) is 0. The maximum absolute atomic E-state index is 6.85. The standard InChI is InChI=1S/C44H25N5O/c1-2-12-28-26(11-1)19-22-33-40(28)47-44(48-41(33)35-17-8-10-24-46-35)49-36-25-27(34-16-7-9-23-45-34)20-21-31(36)38-29-13-3-4-14-30(29)39-32-15-5-6-18-37(32)50-43(39)42(38)49/h1-25H. The van der Waals surface area contributed by atoms with Crippen molar-refractivity contribution >= 4 is 76.2 Å². The molecule has 0 atom stereocenters. The Morgan fingerprint density at radius 1 is 0.500 bits per heavy atom. The van der Waals surface area contributed by atoms with Crippen LogP contribution in [0.3, 0.4) is 0 Å². The summed E-state index contributed by atoms with van der Waals surface area (Å²) in [6, 6.07) is 48.0. The Hall–Kier alpha value is -6.92. The van der Waals surface area contributed by atoms with E-state index in [-0.39, 0.29) is 0 Å². The molecule has 5 aromatic heterocycles. The van der Waals surface area contributed by atoms with Crippen LogP contribution in [0.1, 0.15) is 0 Å². The fourth-order valence-corrected chi connectivity index (χ4v) is 7.72. The van der Waals surface area contributed by atoms with Crippen molar-refractivity contribution in [3.8, 4) is 28.6 Å². The zero-order valence-electron chi connectivity index (χ0n) is 26.6. The second-order valence-electron chi connectivity index (χ2n) is 12.6. The molecule has 0 radical (unpaired) electrons. The third-order valence-corrected chi connectivity index (χ3v) is 9.89. The Kier molecular flexibility index (Phi) is 5.57. The summed E-state index contributed by atoms with van der Waals surface area (Å²) in [5.74, 6) is 0.546. The molecule has 0 saturated heterocycles. The van der Waals surface area contributed by atoms with Gasteiger partial charge in [0.05, 0.1) is 22.4 Å². The van der Waals surface area contributed by atoms with Gasteiger partial charge in [-0.3, -0.25) is 14.5 Å². The number of rotatable bonds is 3. The van der Waals surface area contributed by atoms with Gasteiger partial charge in [0, 0.05) is 50.3 Å². The minimum Gasteiger partial charge on any atom is -0.454 e. The Labute approximate surface area is 284 Å². The van der Waals surface area contributed by atoms with Crippen molar-refractivity contribution in [2.24, 2.45) is 0 Å². The number of pyridine rings is 2. The monoisotopic (exact) mass is 639 g/mol. The van der Waals surface area contributed by atoms with E-state index in [1.165, 1.54) is 0 Å². The molecule has 6 nitrogen and oxygen atoms in total. The van der Waals surface area contributed by atoms with Gasteiger partial charge in [-0.05, 0) is 58.6 Å². The molecule has 0 aliphatic rings. The molecule has 6 heteroatoms. The van der Waals surface area contributed by atoms with E-state index in [1.54, 1.807) is 0 Å². The van der Waals surface area contributed by atoms with Crippen molar-refractivity contribution in [3.05, 3.63) is 152 Å². The highest BCUT2D eigenvalue weighted by Crippen LogP contribution is 2.46. The van der Waals surface area contributed by atoms with Crippen LogP contribution in [0.4, 0.5) is 0 Å². The van der Waals surface area contributed by atoms with Gasteiger partial charge in [0.1, 0.15) is 16.8 Å². The lowest BCUT2D eigenvalue weighted by atomic mass is 9.98. The van der Waals surface area contributed by atoms with E-state index >= 15 is 0 Å². The Bertz CT molecular complexity index is 3150. The number of hydrogen-bond acceptors (Lipinski definition) is 5. The van der Waals surface area contributed by atoms with E-state index in [0.29, 0.717) is 5.95 Å². The first-order chi connectivity index (χ1) is 24.8. The molecule has 0 N–H and O–H groups in total. The van der Waals surface area contributed by atoms with E-state index in [9.17, 15) is 0 Å². The van der Waals surface area contributed by atoms with E-state index in [4.69, 9.17) is 24.4 Å². The summed E-state index contributed by atoms with van der Waals surface area (Å²) in [4.78, 5) is 20.3. The van der Waals surface area contributed by atoms with Gasteiger partial charge in [0.25, 0.3) is 0 Å². The van der Waals surface area contributed by atoms with Crippen LogP contribution in [0, 0.1) is 0 Å². The smallest absolute Gasteiger partial charge is 0.236 e. The van der Waals surface area contributed by atoms with Crippen LogP contribution in [-0.4, -0.2) is 24.5 Å². The van der Waals surface area contributed by atoms with Crippen LogP contribution in [0.15, 0.2) is 156 Å². The molecule has 5 heterocycles. The first-order valence-corrected chi connectivity index (χ1v) is 16.6. The Balaban J connectivity index is 1.39. The molecule has 0 spiro atoms. The summed E-state index contributed by atoms with van der Waals surface area (Å²) in [5.41, 5.74) is 7.85. The number of nitrogens with zero attached hydrogens (tertiary/aromatic N) is 5. The third-order valence-electron chi connectivity index (χ3n) is 9.89. The minimum atomic E-state index is 0.546. The zero-order valence-corrected chi connectivity index (χ0v) is 26.6. The lowest BCUT2D eigenvalue weighted by Gasteiger charge is -2.13. The zero-order chi connectivity index (χ0) is 32.8. The van der Waals surface area contributed by atoms with Crippen LogP contribution in [0.2, 0.25) is 0 Å². The topological polar surface area (TPSA) is 69.6 Å². The van der Waals surface area contributed by atoms with Gasteiger partial charge in [0.2, 0.25) is 5.95 Å². The molecule has 11 rings (SSSR count). The molecule has 0 saturated carbocycles. The minimum absolute atomic E-state index is 0.546. The summed E-state index contributed by atoms with van der Waals surface area (Å²) >= 11 is 0. The van der Waals surface area contributed by atoms with Crippen LogP contribution in [0.5, 0.6) is 0 Å². The van der Waals surface area contributed by atoms with Crippen molar-refractivity contribution in [2.75, 3.05) is 0 Å². The summed E-state index contributed by atoms with van der Waals surface area (Å²) < 4.78 is 9.05. The van der Waals surface area contributed by atoms with Gasteiger partial charge in [-0.25, -0.2) is 9.97 Å². The highest BCUT2D eigenvalue weighted by molar-refractivity contribution is 6.35. The van der Waals surface area contributed by atoms with Gasteiger partial charge in [-0.1, -0.05) is 97.1 Å². The summed E-state index contributed by atoms with van der Waals surface area (Å²) in [6.07, 6.45) is 3.64. The predicted octanol–water partition coefficient (Wildman–Crippen LogP) is 11.1. The van der Waals surface area contributed by atoms with Crippen molar-refractivity contribution < 1.29 is 4.42 Å². The molecule has 0 unspecified atom stereocenters. The van der Waals surface area contributed by atoms with E-state index in [1.807, 2.05) is 60.9 Å². The number of para-hydroxylation sites is 1. The molecule has 0 aliphatic heterocycles. The Morgan fingerprint density at radius 3 is 1.98 bits per heavy atom. The molecule has 0 bridgehead atoms. The first kappa shape index (κ1) is 27.1. The number of benzene rings is 6. The summed E-state index contributed by atoms with van der Waals surface area (Å²) in [7, 11) is 0. The van der Waals surface area contributed by atoms with Crippen LogP contribution in [-0.2, 0) is 0 Å². The van der Waals surface area contributed by atoms with Crippen molar-refractivity contribution in [1.82, 2.24) is 24.5 Å². The SMILES string of the molecule is c1ccc(-c2ccc3c4c5ccccc5c5c6ccccc6oc5c4n(-c4nc(-c5ccccn5)c5ccc6ccccc6c5n4)c3c2)nc1. The Morgan fingerprint density at radius 2 is 1.18 bits per heavy atom. The fourth-order valence-electron chi connectivity index (χ4n) is 7.72. The molecule has 0 aliphatic carbocycles. The van der Waals surface area contributed by atoms with Gasteiger partial charge in [-0.15, -0.1) is 0 Å². The maximum atomic E-state index is 6.85. The second kappa shape index (κ2) is 10.3. The van der Waals surface area contributed by atoms with Crippen molar-refractivity contribution in [3.63, 3.8) is 0 Å². The van der Waals surface area contributed by atoms with Crippen molar-refractivity contribution in [2.45, 2.75) is 0 Å². The fraction of sp³-hybridized carbons (Fsp3) is 0. The average Bonchev–Trinajstić information content (AvgIpc) is 3.75. The lowest BCUT2D eigenvalue weighted by Crippen LogP contribution is -2.04. The van der Waals surface area contributed by atoms with E-state index < -0.39 is 0 Å². The molecule has 0 amide bonds. The number of aromatic nitrogens is 5. The van der Waals surface area contributed by atoms with Gasteiger partial charge < -0.3 is 4.42 Å². The first-order valence-electron chi connectivity index (χ1n) is 16.6. The number of furan rings is 1. The van der Waals surface area contributed by atoms with Crippen LogP contribution in [0.25, 0.3) is 105 Å². The third kappa shape index (κ3) is 3.78. The van der Waals surface area contributed by atoms with Gasteiger partial charge in [-0.2, -0.15) is 0 Å². The summed E-state index contributed by atoms with van der Waals surface area (Å²) in [5, 5.41) is 9.73. The van der Waals surface area contributed by atoms with Crippen LogP contribution < -0.4 is 0 Å². The molecule has 0 fully saturated rings. The summed E-state index contributed by atoms with van der Waals surface area (Å²) in [6.45, 7) is 0. The quantitative estimate of drug-likeness (QED) is 0.180. The molecule has 50 heavy (non-hydrogen) atoms. The molecule has 11 aromatic rings. The second-order valence-corrected chi connectivity index (χ2v) is 12.6. The molecular weight excluding hydrogens is 615 g/mol. The van der Waals surface area contributed by atoms with E-state index in [2.05, 4.69) is 95.6 Å². The van der Waals surface area contributed by atoms with Gasteiger partial charge in [0.15, 0.2) is 5.58 Å². The lowest BCUT2D eigenvalue weighted by molar-refractivity contribution is 0.671. The normalized spacial score (nSPS) is 12.0.